The molecule has 0 saturated heterocycles. The Balaban J connectivity index is 3.05. The van der Waals surface area contributed by atoms with Crippen LogP contribution >= 0.6 is 0 Å². The molecular weight excluding hydrogens is 220 g/mol. The minimum absolute atomic E-state index is 0.0268. The van der Waals surface area contributed by atoms with E-state index in [1.54, 1.807) is 0 Å². The van der Waals surface area contributed by atoms with Gasteiger partial charge in [-0.1, -0.05) is 90.9 Å². The van der Waals surface area contributed by atoms with Crippen LogP contribution in [0.1, 0.15) is 104 Å². The van der Waals surface area contributed by atoms with Crippen LogP contribution in [0.5, 0.6) is 0 Å². The van der Waals surface area contributed by atoms with Gasteiger partial charge in [0.05, 0.1) is 6.10 Å². The van der Waals surface area contributed by atoms with Gasteiger partial charge in [0.15, 0.2) is 0 Å². The first-order chi connectivity index (χ1) is 8.81. The van der Waals surface area contributed by atoms with E-state index in [2.05, 4.69) is 13.8 Å². The number of aliphatic hydroxyl groups is 1. The molecule has 0 unspecified atom stereocenters. The van der Waals surface area contributed by atoms with Gasteiger partial charge in [0.25, 0.3) is 0 Å². The second-order valence-electron chi connectivity index (χ2n) is 5.77. The van der Waals surface area contributed by atoms with E-state index < -0.39 is 0 Å². The number of hydrogen-bond acceptors (Lipinski definition) is 1. The van der Waals surface area contributed by atoms with Crippen molar-refractivity contribution in [1.82, 2.24) is 0 Å². The quantitative estimate of drug-likeness (QED) is 0.387. The third-order valence-electron chi connectivity index (χ3n) is 3.78. The first kappa shape index (κ1) is 18.0. The standard InChI is InChI=1S/C17H36O/c1-3-5-7-8-9-10-11-12-14-16-17(18)15-13-6-4-2/h17-18H,3-16H2,1-2H3/t17-/m1/s1. The van der Waals surface area contributed by atoms with Crippen LogP contribution in [0, 0.1) is 0 Å². The monoisotopic (exact) mass is 256 g/mol. The predicted molar refractivity (Wildman–Crippen MR) is 82.0 cm³/mol. The first-order valence-electron chi connectivity index (χ1n) is 8.49. The zero-order valence-electron chi connectivity index (χ0n) is 12.9. The normalized spacial score (nSPS) is 12.8. The van der Waals surface area contributed by atoms with Gasteiger partial charge in [0.1, 0.15) is 0 Å². The summed E-state index contributed by atoms with van der Waals surface area (Å²) in [6.07, 6.45) is 18.1. The maximum atomic E-state index is 9.78. The van der Waals surface area contributed by atoms with Gasteiger partial charge in [0, 0.05) is 0 Å². The molecule has 1 N–H and O–H groups in total. The van der Waals surface area contributed by atoms with E-state index in [1.807, 2.05) is 0 Å². The zero-order chi connectivity index (χ0) is 13.5. The van der Waals surface area contributed by atoms with Crippen molar-refractivity contribution in [3.8, 4) is 0 Å². The van der Waals surface area contributed by atoms with Crippen molar-refractivity contribution in [2.45, 2.75) is 110 Å². The van der Waals surface area contributed by atoms with Gasteiger partial charge in [-0.3, -0.25) is 0 Å². The van der Waals surface area contributed by atoms with Gasteiger partial charge in [-0.2, -0.15) is 0 Å². The Labute approximate surface area is 115 Å². The Kier molecular flexibility index (Phi) is 15.0. The van der Waals surface area contributed by atoms with Gasteiger partial charge in [-0.05, 0) is 12.8 Å². The molecule has 1 heteroatoms. The molecule has 0 radical (unpaired) electrons. The lowest BCUT2D eigenvalue weighted by Gasteiger charge is -2.09. The summed E-state index contributed by atoms with van der Waals surface area (Å²) >= 11 is 0. The van der Waals surface area contributed by atoms with Crippen LogP contribution in [0.2, 0.25) is 0 Å². The van der Waals surface area contributed by atoms with Crippen LogP contribution in [-0.2, 0) is 0 Å². The SMILES string of the molecule is CCCCCCCCCCC[C@H](O)CCCCC. The summed E-state index contributed by atoms with van der Waals surface area (Å²) in [7, 11) is 0. The molecular formula is C17H36O. The predicted octanol–water partition coefficient (Wildman–Crippen LogP) is 5.85. The van der Waals surface area contributed by atoms with Crippen molar-refractivity contribution in [3.05, 3.63) is 0 Å². The molecule has 0 spiro atoms. The molecule has 0 saturated carbocycles. The molecule has 0 aromatic carbocycles. The van der Waals surface area contributed by atoms with Crippen molar-refractivity contribution in [2.75, 3.05) is 0 Å². The molecule has 1 atom stereocenters. The molecule has 110 valence electrons. The van der Waals surface area contributed by atoms with E-state index in [9.17, 15) is 5.11 Å². The Hall–Kier alpha value is -0.0400. The average molecular weight is 256 g/mol. The smallest absolute Gasteiger partial charge is 0.0540 e. The Morgan fingerprint density at radius 2 is 0.889 bits per heavy atom. The summed E-state index contributed by atoms with van der Waals surface area (Å²) in [6, 6.07) is 0. The van der Waals surface area contributed by atoms with E-state index in [1.165, 1.54) is 77.0 Å². The molecule has 0 rings (SSSR count). The van der Waals surface area contributed by atoms with Gasteiger partial charge < -0.3 is 5.11 Å². The molecule has 0 aliphatic rings. The van der Waals surface area contributed by atoms with Gasteiger partial charge in [-0.25, -0.2) is 0 Å². The summed E-state index contributed by atoms with van der Waals surface area (Å²) in [5.74, 6) is 0. The van der Waals surface area contributed by atoms with E-state index in [0.717, 1.165) is 12.8 Å². The number of rotatable bonds is 14. The third-order valence-corrected chi connectivity index (χ3v) is 3.78. The Morgan fingerprint density at radius 1 is 0.556 bits per heavy atom. The third kappa shape index (κ3) is 14.0. The van der Waals surface area contributed by atoms with Crippen molar-refractivity contribution in [3.63, 3.8) is 0 Å². The summed E-state index contributed by atoms with van der Waals surface area (Å²) in [5, 5.41) is 9.78. The van der Waals surface area contributed by atoms with Gasteiger partial charge in [-0.15, -0.1) is 0 Å². The first-order valence-corrected chi connectivity index (χ1v) is 8.49. The number of aliphatic hydroxyl groups excluding tert-OH is 1. The van der Waals surface area contributed by atoms with Crippen molar-refractivity contribution in [2.24, 2.45) is 0 Å². The molecule has 0 fully saturated rings. The minimum Gasteiger partial charge on any atom is -0.393 e. The molecule has 0 aromatic rings. The lowest BCUT2D eigenvalue weighted by molar-refractivity contribution is 0.147. The molecule has 0 aromatic heterocycles. The van der Waals surface area contributed by atoms with Crippen molar-refractivity contribution >= 4 is 0 Å². The van der Waals surface area contributed by atoms with Crippen molar-refractivity contribution in [1.29, 1.82) is 0 Å². The van der Waals surface area contributed by atoms with E-state index in [-0.39, 0.29) is 6.10 Å². The van der Waals surface area contributed by atoms with Crippen LogP contribution in [0.3, 0.4) is 0 Å². The van der Waals surface area contributed by atoms with Crippen LogP contribution in [0.4, 0.5) is 0 Å². The van der Waals surface area contributed by atoms with Crippen LogP contribution < -0.4 is 0 Å². The molecule has 0 aliphatic carbocycles. The zero-order valence-corrected chi connectivity index (χ0v) is 12.9. The van der Waals surface area contributed by atoms with E-state index in [4.69, 9.17) is 0 Å². The summed E-state index contributed by atoms with van der Waals surface area (Å²) in [4.78, 5) is 0. The highest BCUT2D eigenvalue weighted by molar-refractivity contribution is 4.56. The largest absolute Gasteiger partial charge is 0.393 e. The lowest BCUT2D eigenvalue weighted by atomic mass is 10.0. The maximum Gasteiger partial charge on any atom is 0.0540 e. The Bertz CT molecular complexity index is 145. The highest BCUT2D eigenvalue weighted by atomic mass is 16.3. The van der Waals surface area contributed by atoms with E-state index >= 15 is 0 Å². The fourth-order valence-electron chi connectivity index (χ4n) is 2.46. The molecule has 18 heavy (non-hydrogen) atoms. The number of hydrogen-bond donors (Lipinski definition) is 1. The lowest BCUT2D eigenvalue weighted by Crippen LogP contribution is -2.05. The van der Waals surface area contributed by atoms with Gasteiger partial charge >= 0.3 is 0 Å². The average Bonchev–Trinajstić information content (AvgIpc) is 2.37. The molecule has 0 aliphatic heterocycles. The van der Waals surface area contributed by atoms with Crippen LogP contribution in [0.15, 0.2) is 0 Å². The topological polar surface area (TPSA) is 20.2 Å². The summed E-state index contributed by atoms with van der Waals surface area (Å²) in [5.41, 5.74) is 0. The summed E-state index contributed by atoms with van der Waals surface area (Å²) in [6.45, 7) is 4.48. The second-order valence-corrected chi connectivity index (χ2v) is 5.77. The van der Waals surface area contributed by atoms with Gasteiger partial charge in [0.2, 0.25) is 0 Å². The molecule has 0 heterocycles. The minimum atomic E-state index is -0.0268. The van der Waals surface area contributed by atoms with Crippen molar-refractivity contribution < 1.29 is 5.11 Å². The van der Waals surface area contributed by atoms with Crippen LogP contribution in [0.25, 0.3) is 0 Å². The maximum absolute atomic E-state index is 9.78. The fourth-order valence-corrected chi connectivity index (χ4v) is 2.46. The second kappa shape index (κ2) is 15.0. The molecule has 0 amide bonds. The molecule has 0 bridgehead atoms. The highest BCUT2D eigenvalue weighted by Gasteiger charge is 2.02. The molecule has 1 nitrogen and oxygen atoms in total. The fraction of sp³-hybridized carbons (Fsp3) is 1.00. The van der Waals surface area contributed by atoms with Crippen LogP contribution in [-0.4, -0.2) is 11.2 Å². The number of unbranched alkanes of at least 4 members (excludes halogenated alkanes) is 10. The Morgan fingerprint density at radius 3 is 1.39 bits per heavy atom. The van der Waals surface area contributed by atoms with E-state index in [0.29, 0.717) is 0 Å². The summed E-state index contributed by atoms with van der Waals surface area (Å²) < 4.78 is 0. The highest BCUT2D eigenvalue weighted by Crippen LogP contribution is 2.13.